The third-order valence-corrected chi connectivity index (χ3v) is 3.76. The fourth-order valence-corrected chi connectivity index (χ4v) is 2.58. The molecule has 0 aromatic heterocycles. The van der Waals surface area contributed by atoms with Gasteiger partial charge >= 0.3 is 0 Å². The lowest BCUT2D eigenvalue weighted by molar-refractivity contribution is 0.182. The molecule has 1 heterocycles. The van der Waals surface area contributed by atoms with E-state index in [1.54, 1.807) is 7.11 Å². The van der Waals surface area contributed by atoms with Gasteiger partial charge in [-0.25, -0.2) is 0 Å². The SMILES string of the molecule is COCCC(C)NC1CCN(CC2CC2)C1. The molecular formula is C13H26N2O. The van der Waals surface area contributed by atoms with Crippen molar-refractivity contribution in [2.75, 3.05) is 33.4 Å². The Bertz CT molecular complexity index is 206. The van der Waals surface area contributed by atoms with Crippen molar-refractivity contribution >= 4 is 0 Å². The average Bonchev–Trinajstić information content (AvgIpc) is 2.96. The van der Waals surface area contributed by atoms with Crippen molar-refractivity contribution in [3.8, 4) is 0 Å². The summed E-state index contributed by atoms with van der Waals surface area (Å²) in [5, 5.41) is 3.72. The summed E-state index contributed by atoms with van der Waals surface area (Å²) in [5.74, 6) is 1.03. The zero-order valence-electron chi connectivity index (χ0n) is 10.7. The zero-order chi connectivity index (χ0) is 11.4. The van der Waals surface area contributed by atoms with E-state index in [-0.39, 0.29) is 0 Å². The molecule has 3 heteroatoms. The van der Waals surface area contributed by atoms with Gasteiger partial charge < -0.3 is 15.0 Å². The van der Waals surface area contributed by atoms with Crippen LogP contribution in [0.2, 0.25) is 0 Å². The molecule has 2 rings (SSSR count). The monoisotopic (exact) mass is 226 g/mol. The maximum Gasteiger partial charge on any atom is 0.0476 e. The number of nitrogens with one attached hydrogen (secondary N) is 1. The van der Waals surface area contributed by atoms with Gasteiger partial charge in [0.2, 0.25) is 0 Å². The highest BCUT2D eigenvalue weighted by Crippen LogP contribution is 2.30. The molecule has 0 radical (unpaired) electrons. The van der Waals surface area contributed by atoms with Crippen LogP contribution in [-0.2, 0) is 4.74 Å². The Hall–Kier alpha value is -0.120. The molecule has 1 N–H and O–H groups in total. The van der Waals surface area contributed by atoms with Gasteiger partial charge in [-0.05, 0) is 45.1 Å². The maximum atomic E-state index is 5.11. The fourth-order valence-electron chi connectivity index (χ4n) is 2.58. The Morgan fingerprint density at radius 3 is 2.88 bits per heavy atom. The smallest absolute Gasteiger partial charge is 0.0476 e. The second-order valence-electron chi connectivity index (χ2n) is 5.54. The summed E-state index contributed by atoms with van der Waals surface area (Å²) >= 11 is 0. The lowest BCUT2D eigenvalue weighted by atomic mass is 10.2. The van der Waals surface area contributed by atoms with Crippen molar-refractivity contribution in [1.29, 1.82) is 0 Å². The molecule has 0 bridgehead atoms. The minimum Gasteiger partial charge on any atom is -0.385 e. The first-order valence-corrected chi connectivity index (χ1v) is 6.75. The minimum atomic E-state index is 0.589. The van der Waals surface area contributed by atoms with E-state index in [0.29, 0.717) is 12.1 Å². The predicted molar refractivity (Wildman–Crippen MR) is 66.7 cm³/mol. The highest BCUT2D eigenvalue weighted by molar-refractivity contribution is 4.86. The highest BCUT2D eigenvalue weighted by Gasteiger charge is 2.29. The first kappa shape index (κ1) is 12.3. The number of nitrogens with zero attached hydrogens (tertiary/aromatic N) is 1. The van der Waals surface area contributed by atoms with Crippen LogP contribution in [0, 0.1) is 5.92 Å². The normalized spacial score (nSPS) is 28.5. The Morgan fingerprint density at radius 1 is 1.38 bits per heavy atom. The summed E-state index contributed by atoms with van der Waals surface area (Å²) in [6, 6.07) is 1.30. The van der Waals surface area contributed by atoms with Crippen molar-refractivity contribution in [2.24, 2.45) is 5.92 Å². The second kappa shape index (κ2) is 5.99. The molecule has 94 valence electrons. The van der Waals surface area contributed by atoms with Gasteiger partial charge in [-0.3, -0.25) is 0 Å². The summed E-state index contributed by atoms with van der Waals surface area (Å²) in [5.41, 5.74) is 0. The minimum absolute atomic E-state index is 0.589. The Labute approximate surface area is 99.5 Å². The third kappa shape index (κ3) is 4.04. The van der Waals surface area contributed by atoms with Crippen molar-refractivity contribution in [3.63, 3.8) is 0 Å². The summed E-state index contributed by atoms with van der Waals surface area (Å²) in [4.78, 5) is 2.64. The van der Waals surface area contributed by atoms with Crippen molar-refractivity contribution in [1.82, 2.24) is 10.2 Å². The van der Waals surface area contributed by atoms with Gasteiger partial charge in [-0.15, -0.1) is 0 Å². The molecule has 2 aliphatic rings. The lowest BCUT2D eigenvalue weighted by Gasteiger charge is -2.20. The quantitative estimate of drug-likeness (QED) is 0.712. The van der Waals surface area contributed by atoms with Crippen LogP contribution in [0.5, 0.6) is 0 Å². The summed E-state index contributed by atoms with van der Waals surface area (Å²) in [7, 11) is 1.78. The molecule has 0 aromatic carbocycles. The average molecular weight is 226 g/mol. The van der Waals surface area contributed by atoms with E-state index in [0.717, 1.165) is 18.9 Å². The predicted octanol–water partition coefficient (Wildman–Crippen LogP) is 1.49. The van der Waals surface area contributed by atoms with E-state index in [2.05, 4.69) is 17.1 Å². The maximum absolute atomic E-state index is 5.11. The molecular weight excluding hydrogens is 200 g/mol. The van der Waals surface area contributed by atoms with Gasteiger partial charge in [-0.1, -0.05) is 0 Å². The van der Waals surface area contributed by atoms with Crippen molar-refractivity contribution in [2.45, 2.75) is 44.7 Å². The molecule has 0 amide bonds. The highest BCUT2D eigenvalue weighted by atomic mass is 16.5. The first-order valence-electron chi connectivity index (χ1n) is 6.75. The lowest BCUT2D eigenvalue weighted by Crippen LogP contribution is -2.39. The van der Waals surface area contributed by atoms with Gasteiger partial charge in [0.25, 0.3) is 0 Å². The van der Waals surface area contributed by atoms with E-state index >= 15 is 0 Å². The molecule has 1 aliphatic carbocycles. The number of hydrogen-bond acceptors (Lipinski definition) is 3. The molecule has 1 saturated heterocycles. The Kier molecular flexibility index (Phi) is 4.62. The zero-order valence-corrected chi connectivity index (χ0v) is 10.7. The molecule has 0 aromatic rings. The Morgan fingerprint density at radius 2 is 2.19 bits per heavy atom. The van der Waals surface area contributed by atoms with Crippen LogP contribution in [0.1, 0.15) is 32.6 Å². The third-order valence-electron chi connectivity index (χ3n) is 3.76. The Balaban J connectivity index is 1.59. The second-order valence-corrected chi connectivity index (χ2v) is 5.54. The topological polar surface area (TPSA) is 24.5 Å². The van der Waals surface area contributed by atoms with E-state index < -0.39 is 0 Å². The molecule has 1 saturated carbocycles. The molecule has 3 nitrogen and oxygen atoms in total. The summed E-state index contributed by atoms with van der Waals surface area (Å²) in [6.45, 7) is 7.04. The molecule has 2 atom stereocenters. The molecule has 2 fully saturated rings. The van der Waals surface area contributed by atoms with Crippen LogP contribution < -0.4 is 5.32 Å². The van der Waals surface area contributed by atoms with E-state index in [1.165, 1.54) is 38.9 Å². The van der Waals surface area contributed by atoms with Gasteiger partial charge in [0.1, 0.15) is 0 Å². The van der Waals surface area contributed by atoms with Crippen LogP contribution >= 0.6 is 0 Å². The number of likely N-dealkylation sites (tertiary alicyclic amines) is 1. The standard InChI is InChI=1S/C13H26N2O/c1-11(6-8-16-2)14-13-5-7-15(10-13)9-12-3-4-12/h11-14H,3-10H2,1-2H3. The first-order chi connectivity index (χ1) is 7.78. The van der Waals surface area contributed by atoms with Crippen LogP contribution in [0.15, 0.2) is 0 Å². The van der Waals surface area contributed by atoms with E-state index in [1.807, 2.05) is 0 Å². The molecule has 2 unspecified atom stereocenters. The van der Waals surface area contributed by atoms with E-state index in [4.69, 9.17) is 4.74 Å². The largest absolute Gasteiger partial charge is 0.385 e. The van der Waals surface area contributed by atoms with Gasteiger partial charge in [0, 0.05) is 38.9 Å². The number of rotatable bonds is 7. The molecule has 16 heavy (non-hydrogen) atoms. The number of ether oxygens (including phenoxy) is 1. The summed E-state index contributed by atoms with van der Waals surface area (Å²) in [6.07, 6.45) is 5.39. The van der Waals surface area contributed by atoms with Crippen LogP contribution in [-0.4, -0.2) is 50.3 Å². The number of hydrogen-bond donors (Lipinski definition) is 1. The number of methoxy groups -OCH3 is 1. The van der Waals surface area contributed by atoms with E-state index in [9.17, 15) is 0 Å². The van der Waals surface area contributed by atoms with Crippen LogP contribution in [0.4, 0.5) is 0 Å². The van der Waals surface area contributed by atoms with Crippen LogP contribution in [0.25, 0.3) is 0 Å². The molecule has 0 spiro atoms. The van der Waals surface area contributed by atoms with Gasteiger partial charge in [-0.2, -0.15) is 0 Å². The van der Waals surface area contributed by atoms with Crippen molar-refractivity contribution in [3.05, 3.63) is 0 Å². The summed E-state index contributed by atoms with van der Waals surface area (Å²) < 4.78 is 5.11. The fraction of sp³-hybridized carbons (Fsp3) is 1.00. The van der Waals surface area contributed by atoms with Gasteiger partial charge in [0.15, 0.2) is 0 Å². The van der Waals surface area contributed by atoms with Gasteiger partial charge in [0.05, 0.1) is 0 Å². The van der Waals surface area contributed by atoms with Crippen LogP contribution in [0.3, 0.4) is 0 Å². The van der Waals surface area contributed by atoms with Crippen molar-refractivity contribution < 1.29 is 4.74 Å². The molecule has 1 aliphatic heterocycles.